The SMILES string of the molecule is CN=C(NCc1ccon1)N(C)Cc1ccsc1.I. The van der Waals surface area contributed by atoms with Gasteiger partial charge in [0.1, 0.15) is 12.0 Å². The molecule has 0 saturated carbocycles. The Morgan fingerprint density at radius 1 is 1.53 bits per heavy atom. The summed E-state index contributed by atoms with van der Waals surface area (Å²) in [6.07, 6.45) is 1.56. The van der Waals surface area contributed by atoms with Gasteiger partial charge in [-0.2, -0.15) is 11.3 Å². The zero-order valence-electron chi connectivity index (χ0n) is 10.9. The number of hydrogen-bond donors (Lipinski definition) is 1. The Morgan fingerprint density at radius 3 is 2.95 bits per heavy atom. The summed E-state index contributed by atoms with van der Waals surface area (Å²) in [5, 5.41) is 11.3. The van der Waals surface area contributed by atoms with Crippen LogP contribution in [0.2, 0.25) is 0 Å². The molecule has 19 heavy (non-hydrogen) atoms. The maximum atomic E-state index is 4.78. The number of aromatic nitrogens is 1. The van der Waals surface area contributed by atoms with Gasteiger partial charge in [-0.25, -0.2) is 0 Å². The summed E-state index contributed by atoms with van der Waals surface area (Å²) in [6.45, 7) is 1.44. The molecular weight excluding hydrogens is 375 g/mol. The molecule has 0 spiro atoms. The van der Waals surface area contributed by atoms with Gasteiger partial charge in [0.15, 0.2) is 5.96 Å². The largest absolute Gasteiger partial charge is 0.364 e. The van der Waals surface area contributed by atoms with Crippen molar-refractivity contribution in [2.75, 3.05) is 14.1 Å². The van der Waals surface area contributed by atoms with Crippen LogP contribution in [0.5, 0.6) is 0 Å². The van der Waals surface area contributed by atoms with Gasteiger partial charge >= 0.3 is 0 Å². The predicted octanol–water partition coefficient (Wildman–Crippen LogP) is 2.56. The molecule has 2 rings (SSSR count). The molecule has 1 N–H and O–H groups in total. The number of aliphatic imine (C=N–C) groups is 1. The fourth-order valence-corrected chi connectivity index (χ4v) is 2.27. The van der Waals surface area contributed by atoms with E-state index in [2.05, 4.69) is 37.2 Å². The Bertz CT molecular complexity index is 484. The van der Waals surface area contributed by atoms with E-state index in [1.54, 1.807) is 24.6 Å². The summed E-state index contributed by atoms with van der Waals surface area (Å²) in [5.41, 5.74) is 2.15. The molecule has 0 fully saturated rings. The van der Waals surface area contributed by atoms with Crippen molar-refractivity contribution in [2.24, 2.45) is 4.99 Å². The lowest BCUT2D eigenvalue weighted by molar-refractivity contribution is 0.409. The lowest BCUT2D eigenvalue weighted by Crippen LogP contribution is -2.38. The third kappa shape index (κ3) is 4.83. The van der Waals surface area contributed by atoms with Crippen LogP contribution in [0.4, 0.5) is 0 Å². The van der Waals surface area contributed by atoms with Crippen LogP contribution in [-0.2, 0) is 13.1 Å². The molecule has 0 aliphatic carbocycles. The number of rotatable bonds is 4. The van der Waals surface area contributed by atoms with E-state index in [1.807, 2.05) is 13.1 Å². The molecule has 0 aliphatic rings. The van der Waals surface area contributed by atoms with Gasteiger partial charge in [-0.3, -0.25) is 4.99 Å². The third-order valence-corrected chi connectivity index (χ3v) is 3.22. The Kier molecular flexibility index (Phi) is 6.85. The van der Waals surface area contributed by atoms with E-state index in [-0.39, 0.29) is 24.0 Å². The van der Waals surface area contributed by atoms with Crippen molar-refractivity contribution in [3.63, 3.8) is 0 Å². The molecule has 2 aromatic heterocycles. The fraction of sp³-hybridized carbons (Fsp3) is 0.333. The molecule has 0 aromatic carbocycles. The van der Waals surface area contributed by atoms with Crippen molar-refractivity contribution < 1.29 is 4.52 Å². The number of halogens is 1. The monoisotopic (exact) mass is 392 g/mol. The highest BCUT2D eigenvalue weighted by Crippen LogP contribution is 2.08. The second-order valence-electron chi connectivity index (χ2n) is 3.88. The maximum Gasteiger partial charge on any atom is 0.194 e. The molecule has 0 radical (unpaired) electrons. The van der Waals surface area contributed by atoms with Crippen molar-refractivity contribution in [1.29, 1.82) is 0 Å². The molecular formula is C12H17IN4OS. The van der Waals surface area contributed by atoms with Crippen molar-refractivity contribution in [3.05, 3.63) is 40.4 Å². The Morgan fingerprint density at radius 2 is 2.37 bits per heavy atom. The van der Waals surface area contributed by atoms with Crippen LogP contribution in [0.1, 0.15) is 11.3 Å². The molecule has 0 aliphatic heterocycles. The van der Waals surface area contributed by atoms with Crippen LogP contribution in [0.3, 0.4) is 0 Å². The quantitative estimate of drug-likeness (QED) is 0.494. The second-order valence-corrected chi connectivity index (χ2v) is 4.66. The predicted molar refractivity (Wildman–Crippen MR) is 87.9 cm³/mol. The first-order chi connectivity index (χ1) is 8.79. The standard InChI is InChI=1S/C12H16N4OS.HI/c1-13-12(14-7-11-3-5-17-15-11)16(2)8-10-4-6-18-9-10;/h3-6,9H,7-8H2,1-2H3,(H,13,14);1H. The van der Waals surface area contributed by atoms with Gasteiger partial charge in [0.05, 0.1) is 6.54 Å². The average molecular weight is 392 g/mol. The normalized spacial score (nSPS) is 10.9. The Hall–Kier alpha value is -1.09. The highest BCUT2D eigenvalue weighted by molar-refractivity contribution is 14.0. The minimum Gasteiger partial charge on any atom is -0.364 e. The van der Waals surface area contributed by atoms with E-state index in [1.165, 1.54) is 5.56 Å². The molecule has 0 atom stereocenters. The van der Waals surface area contributed by atoms with Crippen LogP contribution in [0.15, 0.2) is 38.7 Å². The summed E-state index contributed by atoms with van der Waals surface area (Å²) >= 11 is 1.70. The molecule has 0 unspecified atom stereocenters. The van der Waals surface area contributed by atoms with E-state index < -0.39 is 0 Å². The van der Waals surface area contributed by atoms with Gasteiger partial charge in [-0.1, -0.05) is 5.16 Å². The number of nitrogens with one attached hydrogen (secondary N) is 1. The number of guanidine groups is 1. The molecule has 7 heteroatoms. The summed E-state index contributed by atoms with van der Waals surface area (Å²) in [6, 6.07) is 3.95. The van der Waals surface area contributed by atoms with Crippen molar-refractivity contribution in [3.8, 4) is 0 Å². The summed E-state index contributed by atoms with van der Waals surface area (Å²) in [7, 11) is 3.78. The highest BCUT2D eigenvalue weighted by atomic mass is 127. The van der Waals surface area contributed by atoms with E-state index in [0.717, 1.165) is 18.2 Å². The van der Waals surface area contributed by atoms with Crippen LogP contribution in [0.25, 0.3) is 0 Å². The molecule has 0 amide bonds. The number of thiophene rings is 1. The molecule has 0 bridgehead atoms. The Labute approximate surface area is 133 Å². The summed E-state index contributed by atoms with van der Waals surface area (Å²) in [4.78, 5) is 6.32. The fourth-order valence-electron chi connectivity index (χ4n) is 1.61. The first kappa shape index (κ1) is 16.0. The summed E-state index contributed by atoms with van der Waals surface area (Å²) in [5.74, 6) is 0.837. The second kappa shape index (κ2) is 8.16. The minimum absolute atomic E-state index is 0. The van der Waals surface area contributed by atoms with Crippen LogP contribution in [-0.4, -0.2) is 30.1 Å². The first-order valence-corrected chi connectivity index (χ1v) is 6.56. The van der Waals surface area contributed by atoms with Gasteiger partial charge in [0.2, 0.25) is 0 Å². The van der Waals surface area contributed by atoms with Crippen molar-refractivity contribution in [2.45, 2.75) is 13.1 Å². The molecule has 5 nitrogen and oxygen atoms in total. The van der Waals surface area contributed by atoms with E-state index in [9.17, 15) is 0 Å². The van der Waals surface area contributed by atoms with Gasteiger partial charge < -0.3 is 14.7 Å². The molecule has 0 saturated heterocycles. The van der Waals surface area contributed by atoms with Crippen molar-refractivity contribution in [1.82, 2.24) is 15.4 Å². The van der Waals surface area contributed by atoms with Gasteiger partial charge in [-0.15, -0.1) is 24.0 Å². The third-order valence-electron chi connectivity index (χ3n) is 2.49. The van der Waals surface area contributed by atoms with Gasteiger partial charge in [-0.05, 0) is 22.4 Å². The van der Waals surface area contributed by atoms with Gasteiger partial charge in [0, 0.05) is 26.7 Å². The van der Waals surface area contributed by atoms with Crippen LogP contribution < -0.4 is 5.32 Å². The maximum absolute atomic E-state index is 4.78. The first-order valence-electron chi connectivity index (χ1n) is 5.61. The van der Waals surface area contributed by atoms with E-state index in [4.69, 9.17) is 4.52 Å². The average Bonchev–Trinajstić information content (AvgIpc) is 3.02. The van der Waals surface area contributed by atoms with E-state index in [0.29, 0.717) is 6.54 Å². The Balaban J connectivity index is 0.00000180. The van der Waals surface area contributed by atoms with Gasteiger partial charge in [0.25, 0.3) is 0 Å². The molecule has 2 heterocycles. The molecule has 104 valence electrons. The smallest absolute Gasteiger partial charge is 0.194 e. The molecule has 2 aromatic rings. The minimum atomic E-state index is 0. The van der Waals surface area contributed by atoms with Crippen LogP contribution in [0, 0.1) is 0 Å². The topological polar surface area (TPSA) is 53.7 Å². The number of hydrogen-bond acceptors (Lipinski definition) is 4. The highest BCUT2D eigenvalue weighted by Gasteiger charge is 2.07. The zero-order chi connectivity index (χ0) is 12.8. The number of nitrogens with zero attached hydrogens (tertiary/aromatic N) is 3. The van der Waals surface area contributed by atoms with Crippen molar-refractivity contribution >= 4 is 41.3 Å². The summed E-state index contributed by atoms with van der Waals surface area (Å²) < 4.78 is 4.78. The van der Waals surface area contributed by atoms with E-state index >= 15 is 0 Å². The lowest BCUT2D eigenvalue weighted by Gasteiger charge is -2.21. The zero-order valence-corrected chi connectivity index (χ0v) is 14.0. The van der Waals surface area contributed by atoms with Crippen LogP contribution >= 0.6 is 35.3 Å². The lowest BCUT2D eigenvalue weighted by atomic mass is 10.3.